The topological polar surface area (TPSA) is 21.3 Å². The number of hydrogen-bond acceptors (Lipinski definition) is 3. The number of hydrogen-bond donors (Lipinski definition) is 1. The average molecular weight is 318 g/mol. The fourth-order valence-electron chi connectivity index (χ4n) is 1.53. The van der Waals surface area contributed by atoms with Gasteiger partial charge < -0.3 is 10.1 Å². The third kappa shape index (κ3) is 5.00. The number of nitrogens with one attached hydrogen (secondary N) is 1. The standard InChI is InChI=1S/C13H20BrNOS/c1-10(15-2)12-6-5-11(14)9-13(12)17-8-4-7-16-3/h5-6,9-10,15H,4,7-8H2,1-3H3. The van der Waals surface area contributed by atoms with Gasteiger partial charge in [0, 0.05) is 34.9 Å². The normalized spacial score (nSPS) is 12.7. The zero-order valence-electron chi connectivity index (χ0n) is 10.6. The van der Waals surface area contributed by atoms with Crippen LogP contribution in [0.1, 0.15) is 24.9 Å². The van der Waals surface area contributed by atoms with Gasteiger partial charge >= 0.3 is 0 Å². The smallest absolute Gasteiger partial charge is 0.0470 e. The molecule has 1 rings (SSSR count). The van der Waals surface area contributed by atoms with E-state index in [1.165, 1.54) is 10.5 Å². The first-order valence-corrected chi connectivity index (χ1v) is 7.55. The van der Waals surface area contributed by atoms with Gasteiger partial charge in [0.2, 0.25) is 0 Å². The number of methoxy groups -OCH3 is 1. The summed E-state index contributed by atoms with van der Waals surface area (Å²) < 4.78 is 6.21. The first-order chi connectivity index (χ1) is 8.19. The van der Waals surface area contributed by atoms with Crippen LogP contribution in [0.4, 0.5) is 0 Å². The number of ether oxygens (including phenoxy) is 1. The van der Waals surface area contributed by atoms with Crippen molar-refractivity contribution in [1.82, 2.24) is 5.32 Å². The molecule has 0 saturated heterocycles. The number of thioether (sulfide) groups is 1. The zero-order chi connectivity index (χ0) is 12.7. The minimum absolute atomic E-state index is 0.382. The Kier molecular flexibility index (Phi) is 7.19. The van der Waals surface area contributed by atoms with E-state index >= 15 is 0 Å². The molecule has 0 fully saturated rings. The highest BCUT2D eigenvalue weighted by Crippen LogP contribution is 2.30. The van der Waals surface area contributed by atoms with Gasteiger partial charge in [0.25, 0.3) is 0 Å². The van der Waals surface area contributed by atoms with Crippen LogP contribution < -0.4 is 5.32 Å². The molecule has 1 aromatic rings. The lowest BCUT2D eigenvalue weighted by molar-refractivity contribution is 0.200. The highest BCUT2D eigenvalue weighted by Gasteiger charge is 2.09. The Morgan fingerprint density at radius 3 is 2.88 bits per heavy atom. The SMILES string of the molecule is CNC(C)c1ccc(Br)cc1SCCCOC. The second-order valence-electron chi connectivity index (χ2n) is 3.89. The summed E-state index contributed by atoms with van der Waals surface area (Å²) in [6.45, 7) is 3.01. The van der Waals surface area contributed by atoms with E-state index in [0.717, 1.165) is 23.3 Å². The van der Waals surface area contributed by atoms with Gasteiger partial charge in [-0.2, -0.15) is 0 Å². The highest BCUT2D eigenvalue weighted by molar-refractivity contribution is 9.10. The molecule has 17 heavy (non-hydrogen) atoms. The molecular formula is C13H20BrNOS. The molecule has 0 aliphatic rings. The minimum Gasteiger partial charge on any atom is -0.385 e. The van der Waals surface area contributed by atoms with Crippen molar-refractivity contribution in [2.45, 2.75) is 24.3 Å². The minimum atomic E-state index is 0.382. The molecule has 0 aliphatic heterocycles. The largest absolute Gasteiger partial charge is 0.385 e. The van der Waals surface area contributed by atoms with Gasteiger partial charge in [-0.1, -0.05) is 22.0 Å². The summed E-state index contributed by atoms with van der Waals surface area (Å²) in [5, 5.41) is 3.29. The molecule has 1 unspecified atom stereocenters. The predicted octanol–water partition coefficient (Wildman–Crippen LogP) is 3.86. The molecule has 0 aromatic heterocycles. The lowest BCUT2D eigenvalue weighted by Crippen LogP contribution is -2.13. The van der Waals surface area contributed by atoms with E-state index in [1.54, 1.807) is 7.11 Å². The van der Waals surface area contributed by atoms with Gasteiger partial charge in [0.15, 0.2) is 0 Å². The summed E-state index contributed by atoms with van der Waals surface area (Å²) in [5.74, 6) is 1.09. The lowest BCUT2D eigenvalue weighted by Gasteiger charge is -2.16. The third-order valence-electron chi connectivity index (χ3n) is 2.63. The van der Waals surface area contributed by atoms with E-state index in [1.807, 2.05) is 18.8 Å². The molecule has 0 amide bonds. The van der Waals surface area contributed by atoms with Crippen molar-refractivity contribution < 1.29 is 4.74 Å². The third-order valence-corrected chi connectivity index (χ3v) is 4.28. The quantitative estimate of drug-likeness (QED) is 0.609. The second-order valence-corrected chi connectivity index (χ2v) is 5.94. The first-order valence-electron chi connectivity index (χ1n) is 5.77. The fourth-order valence-corrected chi connectivity index (χ4v) is 3.15. The van der Waals surface area contributed by atoms with Crippen molar-refractivity contribution in [2.75, 3.05) is 26.5 Å². The van der Waals surface area contributed by atoms with Crippen LogP contribution in [0.5, 0.6) is 0 Å². The Labute approximate surface area is 117 Å². The van der Waals surface area contributed by atoms with Gasteiger partial charge in [-0.15, -0.1) is 11.8 Å². The van der Waals surface area contributed by atoms with Gasteiger partial charge in [0.1, 0.15) is 0 Å². The van der Waals surface area contributed by atoms with Crippen LogP contribution in [0.15, 0.2) is 27.6 Å². The molecule has 2 nitrogen and oxygen atoms in total. The number of rotatable bonds is 7. The van der Waals surface area contributed by atoms with Crippen molar-refractivity contribution in [2.24, 2.45) is 0 Å². The maximum Gasteiger partial charge on any atom is 0.0470 e. The Morgan fingerprint density at radius 2 is 2.24 bits per heavy atom. The molecule has 96 valence electrons. The van der Waals surface area contributed by atoms with Crippen molar-refractivity contribution in [3.8, 4) is 0 Å². The Hall–Kier alpha value is -0.0300. The Balaban J connectivity index is 2.69. The maximum atomic E-state index is 5.07. The van der Waals surface area contributed by atoms with E-state index in [4.69, 9.17) is 4.74 Å². The number of benzene rings is 1. The van der Waals surface area contributed by atoms with Crippen molar-refractivity contribution in [1.29, 1.82) is 0 Å². The van der Waals surface area contributed by atoms with Gasteiger partial charge in [-0.05, 0) is 38.1 Å². The summed E-state index contributed by atoms with van der Waals surface area (Å²) in [5.41, 5.74) is 1.36. The Bertz CT molecular complexity index is 346. The molecule has 0 radical (unpaired) electrons. The molecular weight excluding hydrogens is 298 g/mol. The summed E-state index contributed by atoms with van der Waals surface area (Å²) in [4.78, 5) is 1.34. The van der Waals surface area contributed by atoms with Gasteiger partial charge in [-0.25, -0.2) is 0 Å². The summed E-state index contributed by atoms with van der Waals surface area (Å²) >= 11 is 5.43. The van der Waals surface area contributed by atoms with Crippen molar-refractivity contribution in [3.63, 3.8) is 0 Å². The van der Waals surface area contributed by atoms with Crippen LogP contribution in [-0.2, 0) is 4.74 Å². The van der Waals surface area contributed by atoms with Gasteiger partial charge in [0.05, 0.1) is 0 Å². The van der Waals surface area contributed by atoms with Gasteiger partial charge in [-0.3, -0.25) is 0 Å². The maximum absolute atomic E-state index is 5.07. The molecule has 1 N–H and O–H groups in total. The molecule has 0 heterocycles. The fraction of sp³-hybridized carbons (Fsp3) is 0.538. The van der Waals surface area contributed by atoms with Crippen LogP contribution in [0.3, 0.4) is 0 Å². The van der Waals surface area contributed by atoms with Crippen LogP contribution in [0, 0.1) is 0 Å². The van der Waals surface area contributed by atoms with Crippen LogP contribution in [0.25, 0.3) is 0 Å². The van der Waals surface area contributed by atoms with E-state index in [9.17, 15) is 0 Å². The molecule has 0 saturated carbocycles. The molecule has 0 spiro atoms. The predicted molar refractivity (Wildman–Crippen MR) is 78.8 cm³/mol. The number of halogens is 1. The monoisotopic (exact) mass is 317 g/mol. The molecule has 0 aliphatic carbocycles. The first kappa shape index (κ1) is 15.0. The van der Waals surface area contributed by atoms with Crippen molar-refractivity contribution in [3.05, 3.63) is 28.2 Å². The van der Waals surface area contributed by atoms with Crippen LogP contribution in [0.2, 0.25) is 0 Å². The highest BCUT2D eigenvalue weighted by atomic mass is 79.9. The van der Waals surface area contributed by atoms with Crippen LogP contribution >= 0.6 is 27.7 Å². The molecule has 1 aromatic carbocycles. The van der Waals surface area contributed by atoms with Crippen LogP contribution in [-0.4, -0.2) is 26.5 Å². The summed E-state index contributed by atoms with van der Waals surface area (Å²) in [7, 11) is 3.74. The van der Waals surface area contributed by atoms with E-state index in [0.29, 0.717) is 6.04 Å². The zero-order valence-corrected chi connectivity index (χ0v) is 13.0. The summed E-state index contributed by atoms with van der Waals surface area (Å²) in [6.07, 6.45) is 1.08. The summed E-state index contributed by atoms with van der Waals surface area (Å²) in [6, 6.07) is 6.86. The second kappa shape index (κ2) is 8.14. The molecule has 4 heteroatoms. The average Bonchev–Trinajstić information content (AvgIpc) is 2.34. The lowest BCUT2D eigenvalue weighted by atomic mass is 10.1. The Morgan fingerprint density at radius 1 is 1.47 bits per heavy atom. The molecule has 0 bridgehead atoms. The van der Waals surface area contributed by atoms with E-state index < -0.39 is 0 Å². The van der Waals surface area contributed by atoms with E-state index in [-0.39, 0.29) is 0 Å². The van der Waals surface area contributed by atoms with E-state index in [2.05, 4.69) is 46.4 Å². The molecule has 1 atom stereocenters. The van der Waals surface area contributed by atoms with Crippen molar-refractivity contribution >= 4 is 27.7 Å².